The van der Waals surface area contributed by atoms with Gasteiger partial charge < -0.3 is 14.6 Å². The molecule has 134 valence electrons. The molecule has 6 nitrogen and oxygen atoms in total. The fourth-order valence-corrected chi connectivity index (χ4v) is 2.97. The summed E-state index contributed by atoms with van der Waals surface area (Å²) in [5.41, 5.74) is 3.08. The Labute approximate surface area is 151 Å². The summed E-state index contributed by atoms with van der Waals surface area (Å²) >= 11 is 4.93. The first kappa shape index (κ1) is 18.9. The Kier molecular flexibility index (Phi) is 6.14. The number of aryl methyl sites for hydroxylation is 2. The molecule has 2 N–H and O–H groups in total. The molecule has 0 aliphatic rings. The second-order valence-electron chi connectivity index (χ2n) is 6.08. The molecule has 0 aliphatic carbocycles. The topological polar surface area (TPSA) is 78.2 Å². The van der Waals surface area contributed by atoms with Crippen molar-refractivity contribution in [3.63, 3.8) is 0 Å². The van der Waals surface area contributed by atoms with Crippen LogP contribution in [0.5, 0.6) is 5.75 Å². The molecule has 0 aliphatic heterocycles. The van der Waals surface area contributed by atoms with Gasteiger partial charge >= 0.3 is 0 Å². The molecule has 0 radical (unpaired) electrons. The Bertz CT molecular complexity index is 886. The quantitative estimate of drug-likeness (QED) is 0.776. The number of aromatic nitrogens is 2. The number of nitrogens with zero attached hydrogens (tertiary/aromatic N) is 1. The Morgan fingerprint density at radius 3 is 2.64 bits per heavy atom. The zero-order valence-corrected chi connectivity index (χ0v) is 15.8. The summed E-state index contributed by atoms with van der Waals surface area (Å²) in [6, 6.07) is 5.88. The fourth-order valence-electron chi connectivity index (χ4n) is 2.72. The van der Waals surface area contributed by atoms with Crippen molar-refractivity contribution in [1.82, 2.24) is 14.9 Å². The Balaban J connectivity index is 2.05. The minimum atomic E-state index is -0.239. The van der Waals surface area contributed by atoms with E-state index in [0.717, 1.165) is 16.9 Å². The van der Waals surface area contributed by atoms with E-state index in [0.29, 0.717) is 29.0 Å². The average molecular weight is 361 g/mol. The monoisotopic (exact) mass is 361 g/mol. The van der Waals surface area contributed by atoms with Crippen LogP contribution in [-0.4, -0.2) is 34.9 Å². The van der Waals surface area contributed by atoms with Crippen molar-refractivity contribution in [3.05, 3.63) is 55.7 Å². The van der Waals surface area contributed by atoms with Crippen LogP contribution in [0, 0.1) is 18.6 Å². The van der Waals surface area contributed by atoms with E-state index in [-0.39, 0.29) is 17.9 Å². The molecule has 2 aromatic rings. The van der Waals surface area contributed by atoms with Crippen molar-refractivity contribution in [2.45, 2.75) is 33.2 Å². The number of H-pyrrole nitrogens is 2. The van der Waals surface area contributed by atoms with Gasteiger partial charge in [-0.3, -0.25) is 14.6 Å². The largest absolute Gasteiger partial charge is 0.496 e. The number of rotatable bonds is 6. The zero-order chi connectivity index (χ0) is 18.6. The Hall–Kier alpha value is -2.41. The standard InChI is InChI=1S/C18H23N3O3S/c1-11-5-7-15(24-4)13(9-11)10-21(3)16(22)8-6-14-12(2)19-18(25)20-17(14)23/h5,7,9H,6,8,10H2,1-4H3,(H2,19,20,23,25). The maximum Gasteiger partial charge on any atom is 0.255 e. The Morgan fingerprint density at radius 1 is 1.28 bits per heavy atom. The lowest BCUT2D eigenvalue weighted by molar-refractivity contribution is -0.130. The minimum absolute atomic E-state index is 0.0372. The van der Waals surface area contributed by atoms with Gasteiger partial charge in [0, 0.05) is 36.8 Å². The number of nitrogens with one attached hydrogen (secondary N) is 2. The van der Waals surface area contributed by atoms with E-state index in [4.69, 9.17) is 17.0 Å². The summed E-state index contributed by atoms with van der Waals surface area (Å²) in [5, 5.41) is 0. The number of ether oxygens (including phenoxy) is 1. The SMILES string of the molecule is COc1ccc(C)cc1CN(C)C(=O)CCc1c(C)[nH]c(=S)[nH]c1=O. The molecule has 1 heterocycles. The van der Waals surface area contributed by atoms with Gasteiger partial charge in [0.25, 0.3) is 5.56 Å². The van der Waals surface area contributed by atoms with Gasteiger partial charge in [-0.25, -0.2) is 0 Å². The van der Waals surface area contributed by atoms with Crippen molar-refractivity contribution < 1.29 is 9.53 Å². The predicted octanol–water partition coefficient (Wildman–Crippen LogP) is 2.65. The zero-order valence-electron chi connectivity index (χ0n) is 14.9. The summed E-state index contributed by atoms with van der Waals surface area (Å²) in [5.74, 6) is 0.720. The van der Waals surface area contributed by atoms with Gasteiger partial charge in [-0.2, -0.15) is 0 Å². The number of hydrogen-bond donors (Lipinski definition) is 2. The second-order valence-corrected chi connectivity index (χ2v) is 6.49. The van der Waals surface area contributed by atoms with Gasteiger partial charge in [0.1, 0.15) is 5.75 Å². The first-order valence-electron chi connectivity index (χ1n) is 8.01. The summed E-state index contributed by atoms with van der Waals surface area (Å²) in [7, 11) is 3.37. The smallest absolute Gasteiger partial charge is 0.255 e. The highest BCUT2D eigenvalue weighted by atomic mass is 32.1. The number of benzene rings is 1. The first-order valence-corrected chi connectivity index (χ1v) is 8.42. The van der Waals surface area contributed by atoms with Crippen molar-refractivity contribution in [2.24, 2.45) is 0 Å². The van der Waals surface area contributed by atoms with E-state index in [1.807, 2.05) is 25.1 Å². The number of carbonyl (C=O) groups excluding carboxylic acids is 1. The molecule has 0 saturated heterocycles. The molecule has 2 rings (SSSR count). The van der Waals surface area contributed by atoms with Gasteiger partial charge in [0.05, 0.1) is 7.11 Å². The third-order valence-corrected chi connectivity index (χ3v) is 4.32. The average Bonchev–Trinajstić information content (AvgIpc) is 2.53. The Morgan fingerprint density at radius 2 is 2.00 bits per heavy atom. The molecule has 1 aromatic heterocycles. The summed E-state index contributed by atoms with van der Waals surface area (Å²) in [4.78, 5) is 31.5. The number of amides is 1. The summed E-state index contributed by atoms with van der Waals surface area (Å²) in [6.45, 7) is 4.24. The molecule has 0 fully saturated rings. The van der Waals surface area contributed by atoms with E-state index in [2.05, 4.69) is 9.97 Å². The predicted molar refractivity (Wildman–Crippen MR) is 99.5 cm³/mol. The maximum absolute atomic E-state index is 12.4. The van der Waals surface area contributed by atoms with Crippen LogP contribution >= 0.6 is 12.2 Å². The maximum atomic E-state index is 12.4. The first-order chi connectivity index (χ1) is 11.8. The lowest BCUT2D eigenvalue weighted by atomic mass is 10.1. The molecule has 0 bridgehead atoms. The lowest BCUT2D eigenvalue weighted by Gasteiger charge is -2.19. The van der Waals surface area contributed by atoms with E-state index >= 15 is 0 Å². The van der Waals surface area contributed by atoms with Gasteiger partial charge in [0.15, 0.2) is 4.77 Å². The minimum Gasteiger partial charge on any atom is -0.496 e. The van der Waals surface area contributed by atoms with Crippen LogP contribution < -0.4 is 10.3 Å². The van der Waals surface area contributed by atoms with Crippen LogP contribution in [0.15, 0.2) is 23.0 Å². The molecule has 0 spiro atoms. The third-order valence-electron chi connectivity index (χ3n) is 4.11. The normalized spacial score (nSPS) is 10.6. The highest BCUT2D eigenvalue weighted by Crippen LogP contribution is 2.21. The van der Waals surface area contributed by atoms with Gasteiger partial charge in [0.2, 0.25) is 5.91 Å². The molecular formula is C18H23N3O3S. The molecular weight excluding hydrogens is 338 g/mol. The van der Waals surface area contributed by atoms with E-state index in [1.54, 1.807) is 26.0 Å². The van der Waals surface area contributed by atoms with Crippen molar-refractivity contribution in [1.29, 1.82) is 0 Å². The van der Waals surface area contributed by atoms with E-state index in [1.165, 1.54) is 0 Å². The second kappa shape index (κ2) is 8.11. The molecule has 0 unspecified atom stereocenters. The summed E-state index contributed by atoms with van der Waals surface area (Å²) < 4.78 is 5.65. The van der Waals surface area contributed by atoms with Gasteiger partial charge in [-0.05, 0) is 38.6 Å². The highest BCUT2D eigenvalue weighted by Gasteiger charge is 2.14. The molecule has 1 aromatic carbocycles. The molecule has 0 atom stereocenters. The van der Waals surface area contributed by atoms with Crippen LogP contribution in [0.1, 0.15) is 28.8 Å². The molecule has 0 saturated carbocycles. The third kappa shape index (κ3) is 4.79. The number of methoxy groups -OCH3 is 1. The van der Waals surface area contributed by atoms with Crippen molar-refractivity contribution >= 4 is 18.1 Å². The molecule has 7 heteroatoms. The summed E-state index contributed by atoms with van der Waals surface area (Å²) in [6.07, 6.45) is 0.612. The van der Waals surface area contributed by atoms with Gasteiger partial charge in [-0.15, -0.1) is 0 Å². The van der Waals surface area contributed by atoms with Crippen LogP contribution in [0.25, 0.3) is 0 Å². The van der Waals surface area contributed by atoms with Crippen LogP contribution in [-0.2, 0) is 17.8 Å². The highest BCUT2D eigenvalue weighted by molar-refractivity contribution is 7.71. The van der Waals surface area contributed by atoms with Crippen LogP contribution in [0.2, 0.25) is 0 Å². The van der Waals surface area contributed by atoms with E-state index in [9.17, 15) is 9.59 Å². The van der Waals surface area contributed by atoms with Crippen molar-refractivity contribution in [2.75, 3.05) is 14.2 Å². The molecule has 1 amide bonds. The van der Waals surface area contributed by atoms with E-state index < -0.39 is 0 Å². The number of carbonyl (C=O) groups is 1. The van der Waals surface area contributed by atoms with Gasteiger partial charge in [-0.1, -0.05) is 17.7 Å². The lowest BCUT2D eigenvalue weighted by Crippen LogP contribution is -2.27. The van der Waals surface area contributed by atoms with Crippen LogP contribution in [0.4, 0.5) is 0 Å². The molecule has 25 heavy (non-hydrogen) atoms. The van der Waals surface area contributed by atoms with Crippen LogP contribution in [0.3, 0.4) is 0 Å². The number of aromatic amines is 2. The fraction of sp³-hybridized carbons (Fsp3) is 0.389. The van der Waals surface area contributed by atoms with Crippen molar-refractivity contribution in [3.8, 4) is 5.75 Å². The number of hydrogen-bond acceptors (Lipinski definition) is 4.